The molecule has 0 radical (unpaired) electrons. The molecule has 0 fully saturated rings. The van der Waals surface area contributed by atoms with Gasteiger partial charge in [-0.25, -0.2) is 4.98 Å². The summed E-state index contributed by atoms with van der Waals surface area (Å²) in [7, 11) is 0. The van der Waals surface area contributed by atoms with Crippen molar-refractivity contribution in [3.63, 3.8) is 0 Å². The van der Waals surface area contributed by atoms with E-state index in [4.69, 9.17) is 4.42 Å². The molecule has 0 aliphatic heterocycles. The second-order valence-corrected chi connectivity index (χ2v) is 6.09. The first-order valence-electron chi connectivity index (χ1n) is 8.09. The second-order valence-electron chi connectivity index (χ2n) is 6.09. The number of carbonyl (C=O) groups excluding carboxylic acids is 2. The van der Waals surface area contributed by atoms with Crippen LogP contribution >= 0.6 is 0 Å². The molecule has 1 atom stereocenters. The van der Waals surface area contributed by atoms with E-state index in [0.717, 1.165) is 11.3 Å². The molecule has 2 N–H and O–H groups in total. The van der Waals surface area contributed by atoms with Gasteiger partial charge in [0.2, 0.25) is 5.91 Å². The van der Waals surface area contributed by atoms with Gasteiger partial charge in [0.25, 0.3) is 5.91 Å². The number of carbonyl (C=O) groups is 2. The Kier molecular flexibility index (Phi) is 4.83. The number of hydrogen-bond donors (Lipinski definition) is 2. The van der Waals surface area contributed by atoms with E-state index in [1.807, 2.05) is 48.8 Å². The molecule has 0 aromatic carbocycles. The highest BCUT2D eigenvalue weighted by atomic mass is 16.3. The Bertz CT molecular complexity index is 834. The number of nitrogens with zero attached hydrogens (tertiary/aromatic N) is 2. The highest BCUT2D eigenvalue weighted by molar-refractivity contribution is 5.95. The predicted molar refractivity (Wildman–Crippen MR) is 91.8 cm³/mol. The van der Waals surface area contributed by atoms with Crippen LogP contribution in [0.3, 0.4) is 0 Å². The van der Waals surface area contributed by atoms with Crippen LogP contribution in [0.25, 0.3) is 5.65 Å². The van der Waals surface area contributed by atoms with Gasteiger partial charge in [-0.2, -0.15) is 0 Å². The van der Waals surface area contributed by atoms with E-state index in [0.29, 0.717) is 6.54 Å². The third kappa shape index (κ3) is 3.88. The van der Waals surface area contributed by atoms with E-state index < -0.39 is 11.9 Å². The number of nitrogens with one attached hydrogen (secondary N) is 2. The van der Waals surface area contributed by atoms with Crippen molar-refractivity contribution in [1.29, 1.82) is 0 Å². The first kappa shape index (κ1) is 16.8. The Labute approximate surface area is 145 Å². The minimum Gasteiger partial charge on any atom is -0.459 e. The second kappa shape index (κ2) is 7.21. The summed E-state index contributed by atoms with van der Waals surface area (Å²) in [6, 6.07) is 8.24. The zero-order valence-corrected chi connectivity index (χ0v) is 14.1. The van der Waals surface area contributed by atoms with E-state index in [1.165, 1.54) is 6.26 Å². The van der Waals surface area contributed by atoms with Crippen LogP contribution in [-0.2, 0) is 11.3 Å². The first-order valence-corrected chi connectivity index (χ1v) is 8.09. The molecule has 0 bridgehead atoms. The summed E-state index contributed by atoms with van der Waals surface area (Å²) in [5.74, 6) is -0.558. The highest BCUT2D eigenvalue weighted by Gasteiger charge is 2.25. The van der Waals surface area contributed by atoms with Crippen LogP contribution in [0, 0.1) is 5.92 Å². The lowest BCUT2D eigenvalue weighted by atomic mass is 10.0. The normalized spacial score (nSPS) is 12.3. The Morgan fingerprint density at radius 1 is 1.24 bits per heavy atom. The SMILES string of the molecule is CC(C)[C@H](NC(=O)c1ccco1)C(=O)NCc1cn2ccccc2n1. The molecule has 130 valence electrons. The maximum Gasteiger partial charge on any atom is 0.287 e. The average molecular weight is 340 g/mol. The summed E-state index contributed by atoms with van der Waals surface area (Å²) in [6.07, 6.45) is 5.18. The number of pyridine rings is 1. The van der Waals surface area contributed by atoms with E-state index >= 15 is 0 Å². The standard InChI is InChI=1S/C18H20N4O3/c1-12(2)16(21-17(23)14-6-5-9-25-14)18(24)19-10-13-11-22-8-4-3-7-15(22)20-13/h3-9,11-12,16H,10H2,1-2H3,(H,19,24)(H,21,23)/t16-/m0/s1. The van der Waals surface area contributed by atoms with Crippen LogP contribution < -0.4 is 10.6 Å². The number of imidazole rings is 1. The van der Waals surface area contributed by atoms with E-state index in [2.05, 4.69) is 15.6 Å². The average Bonchev–Trinajstić information content (AvgIpc) is 3.25. The number of amides is 2. The molecule has 2 amide bonds. The van der Waals surface area contributed by atoms with Gasteiger partial charge in [0, 0.05) is 12.4 Å². The van der Waals surface area contributed by atoms with Crippen molar-refractivity contribution < 1.29 is 14.0 Å². The molecule has 3 aromatic heterocycles. The lowest BCUT2D eigenvalue weighted by Crippen LogP contribution is -2.49. The van der Waals surface area contributed by atoms with Gasteiger partial charge < -0.3 is 19.5 Å². The van der Waals surface area contributed by atoms with Gasteiger partial charge in [0.1, 0.15) is 11.7 Å². The largest absolute Gasteiger partial charge is 0.459 e. The first-order chi connectivity index (χ1) is 12.0. The quantitative estimate of drug-likeness (QED) is 0.718. The number of hydrogen-bond acceptors (Lipinski definition) is 4. The minimum atomic E-state index is -0.658. The van der Waals surface area contributed by atoms with Gasteiger partial charge >= 0.3 is 0 Å². The van der Waals surface area contributed by atoms with Gasteiger partial charge in [-0.1, -0.05) is 19.9 Å². The summed E-state index contributed by atoms with van der Waals surface area (Å²) < 4.78 is 6.95. The number of furan rings is 1. The molecule has 3 aromatic rings. The Balaban J connectivity index is 1.63. The van der Waals surface area contributed by atoms with Gasteiger partial charge in [0.05, 0.1) is 18.5 Å². The zero-order chi connectivity index (χ0) is 17.8. The monoisotopic (exact) mass is 340 g/mol. The molecule has 0 aliphatic rings. The Hall–Kier alpha value is -3.09. The third-order valence-electron chi connectivity index (χ3n) is 3.84. The van der Waals surface area contributed by atoms with Crippen molar-refractivity contribution in [3.05, 3.63) is 60.4 Å². The molecular formula is C18H20N4O3. The van der Waals surface area contributed by atoms with Crippen LogP contribution in [0.15, 0.2) is 53.4 Å². The Morgan fingerprint density at radius 3 is 2.76 bits per heavy atom. The van der Waals surface area contributed by atoms with Crippen molar-refractivity contribution in [2.75, 3.05) is 0 Å². The molecule has 7 nitrogen and oxygen atoms in total. The number of fused-ring (bicyclic) bond motifs is 1. The molecule has 0 aliphatic carbocycles. The number of aromatic nitrogens is 2. The van der Waals surface area contributed by atoms with Crippen LogP contribution in [0.2, 0.25) is 0 Å². The molecule has 0 saturated carbocycles. The van der Waals surface area contributed by atoms with E-state index in [-0.39, 0.29) is 17.6 Å². The van der Waals surface area contributed by atoms with Gasteiger partial charge in [0.15, 0.2) is 5.76 Å². The topological polar surface area (TPSA) is 88.6 Å². The van der Waals surface area contributed by atoms with Crippen molar-refractivity contribution in [2.24, 2.45) is 5.92 Å². The highest BCUT2D eigenvalue weighted by Crippen LogP contribution is 2.07. The summed E-state index contributed by atoms with van der Waals surface area (Å²) >= 11 is 0. The summed E-state index contributed by atoms with van der Waals surface area (Å²) in [5.41, 5.74) is 1.57. The van der Waals surface area contributed by atoms with Crippen molar-refractivity contribution in [1.82, 2.24) is 20.0 Å². The summed E-state index contributed by atoms with van der Waals surface area (Å²) in [5, 5.41) is 5.54. The zero-order valence-electron chi connectivity index (χ0n) is 14.1. The molecular weight excluding hydrogens is 320 g/mol. The fourth-order valence-electron chi connectivity index (χ4n) is 2.52. The van der Waals surface area contributed by atoms with Crippen LogP contribution in [0.5, 0.6) is 0 Å². The molecule has 0 unspecified atom stereocenters. The number of rotatable bonds is 6. The fourth-order valence-corrected chi connectivity index (χ4v) is 2.52. The lowest BCUT2D eigenvalue weighted by Gasteiger charge is -2.20. The van der Waals surface area contributed by atoms with Gasteiger partial charge in [-0.3, -0.25) is 9.59 Å². The van der Waals surface area contributed by atoms with Gasteiger partial charge in [-0.05, 0) is 30.2 Å². The minimum absolute atomic E-state index is 0.0695. The lowest BCUT2D eigenvalue weighted by molar-refractivity contribution is -0.124. The molecule has 25 heavy (non-hydrogen) atoms. The molecule has 7 heteroatoms. The van der Waals surface area contributed by atoms with Gasteiger partial charge in [-0.15, -0.1) is 0 Å². The molecule has 0 spiro atoms. The van der Waals surface area contributed by atoms with Crippen LogP contribution in [-0.4, -0.2) is 27.2 Å². The maximum absolute atomic E-state index is 12.5. The van der Waals surface area contributed by atoms with Crippen molar-refractivity contribution in [3.8, 4) is 0 Å². The molecule has 3 rings (SSSR count). The predicted octanol–water partition coefficient (Wildman–Crippen LogP) is 2.00. The smallest absolute Gasteiger partial charge is 0.287 e. The van der Waals surface area contributed by atoms with E-state index in [1.54, 1.807) is 12.1 Å². The van der Waals surface area contributed by atoms with Crippen molar-refractivity contribution in [2.45, 2.75) is 26.4 Å². The van der Waals surface area contributed by atoms with Crippen LogP contribution in [0.1, 0.15) is 30.1 Å². The molecule has 0 saturated heterocycles. The summed E-state index contributed by atoms with van der Waals surface area (Å²) in [6.45, 7) is 4.04. The maximum atomic E-state index is 12.5. The fraction of sp³-hybridized carbons (Fsp3) is 0.278. The Morgan fingerprint density at radius 2 is 2.08 bits per heavy atom. The molecule has 3 heterocycles. The third-order valence-corrected chi connectivity index (χ3v) is 3.84. The summed E-state index contributed by atoms with van der Waals surface area (Å²) in [4.78, 5) is 29.0. The van der Waals surface area contributed by atoms with Crippen molar-refractivity contribution >= 4 is 17.5 Å². The van der Waals surface area contributed by atoms with Crippen LogP contribution in [0.4, 0.5) is 0 Å². The van der Waals surface area contributed by atoms with E-state index in [9.17, 15) is 9.59 Å².